The normalized spacial score (nSPS) is 27.3. The fourth-order valence-electron chi connectivity index (χ4n) is 2.73. The Morgan fingerprint density at radius 3 is 3.00 bits per heavy atom. The van der Waals surface area contributed by atoms with E-state index in [4.69, 9.17) is 4.74 Å². The molecule has 0 spiro atoms. The number of fused-ring (bicyclic) bond motifs is 1. The van der Waals surface area contributed by atoms with Crippen LogP contribution in [-0.2, 0) is 9.53 Å². The summed E-state index contributed by atoms with van der Waals surface area (Å²) in [6.45, 7) is 1.93. The lowest BCUT2D eigenvalue weighted by atomic mass is 9.95. The summed E-state index contributed by atoms with van der Waals surface area (Å²) in [5, 5.41) is 0. The van der Waals surface area contributed by atoms with Crippen LogP contribution in [-0.4, -0.2) is 37.1 Å². The summed E-state index contributed by atoms with van der Waals surface area (Å²) in [5.41, 5.74) is 0.847. The van der Waals surface area contributed by atoms with Gasteiger partial charge < -0.3 is 4.74 Å². The molecule has 2 heterocycles. The van der Waals surface area contributed by atoms with E-state index >= 15 is 0 Å². The van der Waals surface area contributed by atoms with Gasteiger partial charge in [0.05, 0.1) is 7.11 Å². The summed E-state index contributed by atoms with van der Waals surface area (Å²) >= 11 is 0. The molecule has 0 aliphatic carbocycles. The van der Waals surface area contributed by atoms with E-state index in [1.165, 1.54) is 39.2 Å². The zero-order chi connectivity index (χ0) is 11.4. The molecule has 1 atom stereocenters. The van der Waals surface area contributed by atoms with Crippen LogP contribution < -0.4 is 0 Å². The quantitative estimate of drug-likeness (QED) is 0.638. The summed E-state index contributed by atoms with van der Waals surface area (Å²) in [6, 6.07) is 0.661. The maximum atomic E-state index is 11.5. The summed E-state index contributed by atoms with van der Waals surface area (Å²) in [5.74, 6) is -0.152. The molecule has 1 saturated heterocycles. The standard InChI is InChI=1S/C13H21NO2/c1-16-13(15)11-7-8-12-6-4-2-3-5-9-14(12)10-11/h7,12H,2-6,8-10H2,1H3. The number of ether oxygens (including phenoxy) is 1. The molecular weight excluding hydrogens is 202 g/mol. The van der Waals surface area contributed by atoms with Gasteiger partial charge in [0.15, 0.2) is 0 Å². The fourth-order valence-corrected chi connectivity index (χ4v) is 2.73. The Morgan fingerprint density at radius 1 is 1.38 bits per heavy atom. The van der Waals surface area contributed by atoms with Crippen LogP contribution in [0, 0.1) is 0 Å². The lowest BCUT2D eigenvalue weighted by molar-refractivity contribution is -0.136. The minimum Gasteiger partial charge on any atom is -0.466 e. The van der Waals surface area contributed by atoms with Crippen molar-refractivity contribution in [2.45, 2.75) is 44.6 Å². The molecule has 0 radical (unpaired) electrons. The molecule has 1 fully saturated rings. The van der Waals surface area contributed by atoms with E-state index in [1.807, 2.05) is 0 Å². The van der Waals surface area contributed by atoms with Crippen molar-refractivity contribution in [3.05, 3.63) is 11.6 Å². The first kappa shape index (κ1) is 11.6. The van der Waals surface area contributed by atoms with Crippen LogP contribution in [0.1, 0.15) is 38.5 Å². The second-order valence-corrected chi connectivity index (χ2v) is 4.78. The maximum absolute atomic E-state index is 11.5. The molecule has 0 aromatic rings. The topological polar surface area (TPSA) is 29.5 Å². The summed E-state index contributed by atoms with van der Waals surface area (Å²) < 4.78 is 4.79. The summed E-state index contributed by atoms with van der Waals surface area (Å²) in [7, 11) is 1.46. The molecule has 0 N–H and O–H groups in total. The molecular formula is C13H21NO2. The number of esters is 1. The van der Waals surface area contributed by atoms with Gasteiger partial charge >= 0.3 is 5.97 Å². The third-order valence-corrected chi connectivity index (χ3v) is 3.71. The van der Waals surface area contributed by atoms with E-state index in [1.54, 1.807) is 0 Å². The first-order chi connectivity index (χ1) is 7.81. The Labute approximate surface area is 97.5 Å². The van der Waals surface area contributed by atoms with Gasteiger partial charge in [-0.2, -0.15) is 0 Å². The molecule has 0 saturated carbocycles. The van der Waals surface area contributed by atoms with Crippen LogP contribution >= 0.6 is 0 Å². The van der Waals surface area contributed by atoms with E-state index in [0.717, 1.165) is 25.1 Å². The highest BCUT2D eigenvalue weighted by Crippen LogP contribution is 2.24. The van der Waals surface area contributed by atoms with E-state index in [2.05, 4.69) is 11.0 Å². The van der Waals surface area contributed by atoms with Gasteiger partial charge in [0.1, 0.15) is 0 Å². The number of methoxy groups -OCH3 is 1. The monoisotopic (exact) mass is 223 g/mol. The molecule has 2 rings (SSSR count). The summed E-state index contributed by atoms with van der Waals surface area (Å²) in [4.78, 5) is 13.9. The third-order valence-electron chi connectivity index (χ3n) is 3.71. The predicted octanol–water partition coefficient (Wildman–Crippen LogP) is 2.12. The molecule has 3 heteroatoms. The molecule has 2 aliphatic heterocycles. The highest BCUT2D eigenvalue weighted by Gasteiger charge is 2.26. The second-order valence-electron chi connectivity index (χ2n) is 4.78. The van der Waals surface area contributed by atoms with Crippen LogP contribution in [0.25, 0.3) is 0 Å². The predicted molar refractivity (Wildman–Crippen MR) is 63.2 cm³/mol. The minimum absolute atomic E-state index is 0.152. The number of carbonyl (C=O) groups excluding carboxylic acids is 1. The Hall–Kier alpha value is -0.830. The van der Waals surface area contributed by atoms with Gasteiger partial charge in [-0.25, -0.2) is 4.79 Å². The Kier molecular flexibility index (Phi) is 3.99. The summed E-state index contributed by atoms with van der Waals surface area (Å²) in [6.07, 6.45) is 9.69. The first-order valence-corrected chi connectivity index (χ1v) is 6.32. The highest BCUT2D eigenvalue weighted by molar-refractivity contribution is 5.89. The zero-order valence-electron chi connectivity index (χ0n) is 10.1. The average molecular weight is 223 g/mol. The van der Waals surface area contributed by atoms with Gasteiger partial charge in [0.2, 0.25) is 0 Å². The zero-order valence-corrected chi connectivity index (χ0v) is 10.1. The van der Waals surface area contributed by atoms with E-state index < -0.39 is 0 Å². The number of nitrogens with zero attached hydrogens (tertiary/aromatic N) is 1. The molecule has 90 valence electrons. The largest absolute Gasteiger partial charge is 0.466 e. The van der Waals surface area contributed by atoms with Gasteiger partial charge in [-0.1, -0.05) is 25.3 Å². The lowest BCUT2D eigenvalue weighted by Gasteiger charge is -2.36. The van der Waals surface area contributed by atoms with Crippen LogP contribution in [0.3, 0.4) is 0 Å². The van der Waals surface area contributed by atoms with Gasteiger partial charge in [-0.05, 0) is 25.8 Å². The van der Waals surface area contributed by atoms with E-state index in [0.29, 0.717) is 6.04 Å². The van der Waals surface area contributed by atoms with E-state index in [-0.39, 0.29) is 5.97 Å². The second kappa shape index (κ2) is 5.48. The van der Waals surface area contributed by atoms with Crippen molar-refractivity contribution in [3.63, 3.8) is 0 Å². The molecule has 16 heavy (non-hydrogen) atoms. The smallest absolute Gasteiger partial charge is 0.334 e. The number of hydrogen-bond acceptors (Lipinski definition) is 3. The van der Waals surface area contributed by atoms with Crippen LogP contribution in [0.2, 0.25) is 0 Å². The first-order valence-electron chi connectivity index (χ1n) is 6.32. The lowest BCUT2D eigenvalue weighted by Crippen LogP contribution is -2.42. The number of carbonyl (C=O) groups is 1. The van der Waals surface area contributed by atoms with Crippen LogP contribution in [0.5, 0.6) is 0 Å². The minimum atomic E-state index is -0.152. The Balaban J connectivity index is 2.01. The Morgan fingerprint density at radius 2 is 2.19 bits per heavy atom. The molecule has 0 aromatic carbocycles. The third kappa shape index (κ3) is 2.64. The van der Waals surface area contributed by atoms with Crippen molar-refractivity contribution in [2.75, 3.05) is 20.2 Å². The van der Waals surface area contributed by atoms with Gasteiger partial charge in [-0.15, -0.1) is 0 Å². The molecule has 0 bridgehead atoms. The van der Waals surface area contributed by atoms with Crippen molar-refractivity contribution in [2.24, 2.45) is 0 Å². The fraction of sp³-hybridized carbons (Fsp3) is 0.769. The van der Waals surface area contributed by atoms with Crippen molar-refractivity contribution >= 4 is 5.97 Å². The molecule has 1 unspecified atom stereocenters. The van der Waals surface area contributed by atoms with Gasteiger partial charge in [0, 0.05) is 18.2 Å². The van der Waals surface area contributed by atoms with Crippen molar-refractivity contribution in [1.82, 2.24) is 4.90 Å². The number of rotatable bonds is 1. The Bertz CT molecular complexity index is 286. The van der Waals surface area contributed by atoms with Crippen LogP contribution in [0.4, 0.5) is 0 Å². The average Bonchev–Trinajstić information content (AvgIpc) is 2.28. The SMILES string of the molecule is COC(=O)C1=CCC2CCCCCCN2C1. The maximum Gasteiger partial charge on any atom is 0.334 e. The molecule has 3 nitrogen and oxygen atoms in total. The van der Waals surface area contributed by atoms with E-state index in [9.17, 15) is 4.79 Å². The molecule has 0 aromatic heterocycles. The van der Waals surface area contributed by atoms with Crippen molar-refractivity contribution in [1.29, 1.82) is 0 Å². The number of hydrogen-bond donors (Lipinski definition) is 0. The van der Waals surface area contributed by atoms with Crippen molar-refractivity contribution < 1.29 is 9.53 Å². The molecule has 2 aliphatic rings. The van der Waals surface area contributed by atoms with Crippen LogP contribution in [0.15, 0.2) is 11.6 Å². The van der Waals surface area contributed by atoms with Crippen molar-refractivity contribution in [3.8, 4) is 0 Å². The van der Waals surface area contributed by atoms with Gasteiger partial charge in [0.25, 0.3) is 0 Å². The highest BCUT2D eigenvalue weighted by atomic mass is 16.5. The molecule has 0 amide bonds. The van der Waals surface area contributed by atoms with Gasteiger partial charge in [-0.3, -0.25) is 4.90 Å².